The topological polar surface area (TPSA) is 122 Å². The zero-order valence-corrected chi connectivity index (χ0v) is 24.4. The van der Waals surface area contributed by atoms with Crippen LogP contribution in [-0.4, -0.2) is 75.2 Å². The molecule has 3 atom stereocenters. The molecule has 2 amide bonds. The number of hydrogen-bond donors (Lipinski definition) is 3. The average Bonchev–Trinajstić information content (AvgIpc) is 3.43. The second-order valence-electron chi connectivity index (χ2n) is 9.21. The van der Waals surface area contributed by atoms with E-state index in [0.29, 0.717) is 36.3 Å². The lowest BCUT2D eigenvalue weighted by Gasteiger charge is -2.27. The summed E-state index contributed by atoms with van der Waals surface area (Å²) >= 11 is 0. The molecule has 238 valence electrons. The molecule has 1 aromatic heterocycles. The van der Waals surface area contributed by atoms with Crippen molar-refractivity contribution in [3.63, 3.8) is 0 Å². The van der Waals surface area contributed by atoms with E-state index in [-0.39, 0.29) is 12.4 Å². The maximum absolute atomic E-state index is 13.0. The van der Waals surface area contributed by atoms with E-state index in [0.717, 1.165) is 10.5 Å². The Balaban J connectivity index is 0.000000257. The molecular weight excluding hydrogens is 586 g/mol. The summed E-state index contributed by atoms with van der Waals surface area (Å²) in [6.07, 6.45) is -2.27. The minimum Gasteiger partial charge on any atom is -0.463 e. The van der Waals surface area contributed by atoms with E-state index in [9.17, 15) is 31.9 Å². The molecule has 1 saturated heterocycles. The lowest BCUT2D eigenvalue weighted by atomic mass is 10.1. The fraction of sp³-hybridized carbons (Fsp3) is 0.333. The first-order chi connectivity index (χ1) is 21.1. The van der Waals surface area contributed by atoms with Crippen LogP contribution in [0, 0.1) is 5.82 Å². The first kappa shape index (κ1) is 35.6. The Labute approximate surface area is 252 Å². The molecule has 10 nitrogen and oxygen atoms in total. The number of aromatic nitrogens is 1. The predicted molar refractivity (Wildman–Crippen MR) is 155 cm³/mol. The third kappa shape index (κ3) is 10.9. The van der Waals surface area contributed by atoms with Gasteiger partial charge >= 0.3 is 12.2 Å². The number of ether oxygens (including phenoxy) is 2. The largest absolute Gasteiger partial charge is 0.463 e. The Morgan fingerprint density at radius 2 is 1.77 bits per heavy atom. The van der Waals surface area contributed by atoms with Crippen molar-refractivity contribution in [2.24, 2.45) is 0 Å². The quantitative estimate of drug-likeness (QED) is 0.213. The van der Waals surface area contributed by atoms with Crippen LogP contribution >= 0.6 is 0 Å². The maximum Gasteiger partial charge on any atom is 0.410 e. The van der Waals surface area contributed by atoms with E-state index in [1.54, 1.807) is 44.4 Å². The number of pyridine rings is 1. The van der Waals surface area contributed by atoms with E-state index in [1.165, 1.54) is 19.4 Å². The van der Waals surface area contributed by atoms with Gasteiger partial charge in [-0.15, -0.1) is 0 Å². The van der Waals surface area contributed by atoms with Gasteiger partial charge in [-0.05, 0) is 36.4 Å². The van der Waals surface area contributed by atoms with Gasteiger partial charge in [-0.1, -0.05) is 48.5 Å². The molecule has 0 spiro atoms. The molecule has 1 fully saturated rings. The van der Waals surface area contributed by atoms with Crippen LogP contribution in [0.1, 0.15) is 28.8 Å². The van der Waals surface area contributed by atoms with Gasteiger partial charge in [-0.3, -0.25) is 4.79 Å². The van der Waals surface area contributed by atoms with Crippen molar-refractivity contribution in [1.82, 2.24) is 20.5 Å². The SMILES string of the molecule is CN[C@H](C=O)c1ccccc1F.CNc1cc(C(COC)N2CC(C(F)(F)F)NC2=O)ccn1.O=COCc1ccccc1. The zero-order valence-electron chi connectivity index (χ0n) is 24.4. The van der Waals surface area contributed by atoms with Gasteiger partial charge in [0.15, 0.2) is 0 Å². The molecule has 44 heavy (non-hydrogen) atoms. The summed E-state index contributed by atoms with van der Waals surface area (Å²) in [6.45, 7) is 0.454. The zero-order chi connectivity index (χ0) is 32.5. The number of anilines is 1. The lowest BCUT2D eigenvalue weighted by molar-refractivity contribution is -0.150. The summed E-state index contributed by atoms with van der Waals surface area (Å²) in [5.41, 5.74) is 2.05. The van der Waals surface area contributed by atoms with Crippen LogP contribution in [0.3, 0.4) is 0 Å². The summed E-state index contributed by atoms with van der Waals surface area (Å²) in [5, 5.41) is 7.51. The van der Waals surface area contributed by atoms with E-state index >= 15 is 0 Å². The molecular formula is C30H35F4N5O5. The molecule has 2 unspecified atom stereocenters. The van der Waals surface area contributed by atoms with Gasteiger partial charge in [0, 0.05) is 25.9 Å². The average molecular weight is 622 g/mol. The molecule has 0 aliphatic carbocycles. The van der Waals surface area contributed by atoms with Crippen molar-refractivity contribution >= 4 is 24.6 Å². The van der Waals surface area contributed by atoms with E-state index in [4.69, 9.17) is 4.74 Å². The van der Waals surface area contributed by atoms with Crippen LogP contribution in [0.25, 0.3) is 0 Å². The fourth-order valence-electron chi connectivity index (χ4n) is 4.05. The molecule has 0 bridgehead atoms. The van der Waals surface area contributed by atoms with Gasteiger partial charge in [0.25, 0.3) is 6.47 Å². The van der Waals surface area contributed by atoms with Crippen molar-refractivity contribution in [2.75, 3.05) is 39.7 Å². The van der Waals surface area contributed by atoms with Gasteiger partial charge in [0.05, 0.1) is 25.2 Å². The van der Waals surface area contributed by atoms with Crippen molar-refractivity contribution < 1.29 is 41.4 Å². The van der Waals surface area contributed by atoms with E-state index in [2.05, 4.69) is 20.4 Å². The van der Waals surface area contributed by atoms with Crippen LogP contribution in [0.5, 0.6) is 0 Å². The highest BCUT2D eigenvalue weighted by atomic mass is 19.4. The van der Waals surface area contributed by atoms with Crippen molar-refractivity contribution in [3.05, 3.63) is 95.4 Å². The van der Waals surface area contributed by atoms with Crippen LogP contribution in [0.4, 0.5) is 28.2 Å². The number of likely N-dealkylation sites (N-methyl/N-ethyl adjacent to an activating group) is 1. The number of nitrogens with zero attached hydrogens (tertiary/aromatic N) is 2. The minimum absolute atomic E-state index is 0.0885. The number of rotatable bonds is 11. The Kier molecular flexibility index (Phi) is 14.7. The van der Waals surface area contributed by atoms with Gasteiger partial charge in [0.1, 0.15) is 30.6 Å². The molecule has 0 saturated carbocycles. The molecule has 2 heterocycles. The van der Waals surface area contributed by atoms with Gasteiger partial charge in [-0.2, -0.15) is 13.2 Å². The number of amides is 2. The number of carbonyl (C=O) groups excluding carboxylic acids is 3. The maximum atomic E-state index is 13.0. The lowest BCUT2D eigenvalue weighted by Crippen LogP contribution is -2.40. The number of methoxy groups -OCH3 is 1. The number of hydrogen-bond acceptors (Lipinski definition) is 8. The first-order valence-corrected chi connectivity index (χ1v) is 13.3. The number of alkyl halides is 3. The Hall–Kier alpha value is -4.56. The standard InChI is InChI=1S/C13H17F3N4O2.C9H10FNO.C8H8O2/c1-17-11-5-8(3-4-18-11)9(7-22-2)20-6-10(13(14,15)16)19-12(20)21;1-11-9(6-12)7-4-2-3-5-8(7)10;9-7-10-6-8-4-2-1-3-5-8/h3-5,9-10H,6-7H2,1-2H3,(H,17,18)(H,19,21);2-6,9,11H,1H3;1-5,7H,6H2/t;9-;/m.1./s1. The van der Waals surface area contributed by atoms with E-state index in [1.807, 2.05) is 35.6 Å². The normalized spacial score (nSPS) is 15.4. The Morgan fingerprint density at radius 3 is 2.32 bits per heavy atom. The second-order valence-corrected chi connectivity index (χ2v) is 9.21. The summed E-state index contributed by atoms with van der Waals surface area (Å²) in [4.78, 5) is 37.3. The smallest absolute Gasteiger partial charge is 0.410 e. The van der Waals surface area contributed by atoms with Crippen LogP contribution in [-0.2, 0) is 25.7 Å². The number of halogens is 4. The number of benzene rings is 2. The summed E-state index contributed by atoms with van der Waals surface area (Å²) in [6, 6.07) is 15.3. The highest BCUT2D eigenvalue weighted by Crippen LogP contribution is 2.30. The molecule has 3 aromatic rings. The molecule has 0 radical (unpaired) electrons. The monoisotopic (exact) mass is 621 g/mol. The number of aldehydes is 1. The predicted octanol–water partition coefficient (Wildman–Crippen LogP) is 4.41. The van der Waals surface area contributed by atoms with Gasteiger partial charge in [-0.25, -0.2) is 14.2 Å². The molecule has 2 aromatic carbocycles. The third-order valence-electron chi connectivity index (χ3n) is 6.31. The summed E-state index contributed by atoms with van der Waals surface area (Å²) in [5.74, 6) is 0.203. The molecule has 1 aliphatic rings. The molecule has 3 N–H and O–H groups in total. The molecule has 1 aliphatic heterocycles. The number of nitrogens with one attached hydrogen (secondary N) is 3. The Bertz CT molecular complexity index is 1320. The molecule has 4 rings (SSSR count). The van der Waals surface area contributed by atoms with E-state index < -0.39 is 36.9 Å². The van der Waals surface area contributed by atoms with Gasteiger partial charge in [0.2, 0.25) is 0 Å². The van der Waals surface area contributed by atoms with Crippen molar-refractivity contribution in [1.29, 1.82) is 0 Å². The van der Waals surface area contributed by atoms with Crippen molar-refractivity contribution in [3.8, 4) is 0 Å². The third-order valence-corrected chi connectivity index (χ3v) is 6.31. The summed E-state index contributed by atoms with van der Waals surface area (Å²) in [7, 11) is 4.73. The first-order valence-electron chi connectivity index (χ1n) is 13.3. The van der Waals surface area contributed by atoms with Crippen molar-refractivity contribution in [2.45, 2.75) is 30.9 Å². The Morgan fingerprint density at radius 1 is 1.09 bits per heavy atom. The van der Waals surface area contributed by atoms with Crippen LogP contribution in [0.2, 0.25) is 0 Å². The molecule has 14 heteroatoms. The highest BCUT2D eigenvalue weighted by molar-refractivity contribution is 5.77. The minimum atomic E-state index is -4.48. The number of carbonyl (C=O) groups is 3. The second kappa shape index (κ2) is 18.2. The number of urea groups is 1. The van der Waals surface area contributed by atoms with Crippen LogP contribution < -0.4 is 16.0 Å². The van der Waals surface area contributed by atoms with Gasteiger partial charge < -0.3 is 35.1 Å². The summed E-state index contributed by atoms with van der Waals surface area (Å²) < 4.78 is 61.0. The fourth-order valence-corrected chi connectivity index (χ4v) is 4.05. The van der Waals surface area contributed by atoms with Crippen LogP contribution in [0.15, 0.2) is 72.9 Å². The highest BCUT2D eigenvalue weighted by Gasteiger charge is 2.48.